The molecule has 11 aromatic rings. The first-order valence-electron chi connectivity index (χ1n) is 37.5. The fraction of sp³-hybridized carbons (Fsp3) is 0.278. The number of fused-ring (bicyclic) bond motifs is 9. The maximum Gasteiger partial charge on any atom is 0.0348 e. The van der Waals surface area contributed by atoms with E-state index in [-0.39, 0.29) is 0 Å². The Labute approximate surface area is 594 Å². The van der Waals surface area contributed by atoms with Crippen LogP contribution in [-0.2, 0) is 6.42 Å². The maximum atomic E-state index is 2.29. The summed E-state index contributed by atoms with van der Waals surface area (Å²) in [5, 5.41) is 13.2. The molecule has 0 radical (unpaired) electrons. The van der Waals surface area contributed by atoms with Crippen molar-refractivity contribution in [2.24, 2.45) is 5.92 Å². The van der Waals surface area contributed by atoms with E-state index in [1.54, 1.807) is 0 Å². The molecule has 0 heteroatoms. The lowest BCUT2D eigenvalue weighted by atomic mass is 9.69. The molecule has 5 aliphatic carbocycles. The topological polar surface area (TPSA) is 0 Å². The molecule has 0 aliphatic heterocycles. The molecule has 0 heterocycles. The van der Waals surface area contributed by atoms with Gasteiger partial charge in [0.2, 0.25) is 0 Å². The Morgan fingerprint density at radius 2 is 0.557 bits per heavy atom. The summed E-state index contributed by atoms with van der Waals surface area (Å²) in [6.07, 6.45) is 22.4. The molecule has 0 N–H and O–H groups in total. The van der Waals surface area contributed by atoms with Gasteiger partial charge < -0.3 is 0 Å². The Balaban J connectivity index is 0. The second-order valence-electron chi connectivity index (χ2n) is 18.7. The van der Waals surface area contributed by atoms with E-state index in [2.05, 4.69) is 273 Å². The Bertz CT molecular complexity index is 3650. The molecule has 0 spiro atoms. The van der Waals surface area contributed by atoms with E-state index in [0.29, 0.717) is 5.92 Å². The van der Waals surface area contributed by atoms with Crippen molar-refractivity contribution in [2.45, 2.75) is 179 Å². The molecule has 1 unspecified atom stereocenters. The van der Waals surface area contributed by atoms with E-state index >= 15 is 0 Å². The Kier molecular flexibility index (Phi) is 55.1. The van der Waals surface area contributed by atoms with Crippen LogP contribution in [0.15, 0.2) is 337 Å². The third-order valence-electron chi connectivity index (χ3n) is 14.1. The summed E-state index contributed by atoms with van der Waals surface area (Å²) in [6, 6.07) is 88.8. The van der Waals surface area contributed by atoms with E-state index in [9.17, 15) is 0 Å². The van der Waals surface area contributed by atoms with E-state index in [4.69, 9.17) is 0 Å². The molecular formula is C97H128. The van der Waals surface area contributed by atoms with Gasteiger partial charge in [-0.25, -0.2) is 0 Å². The molecule has 5 aliphatic rings. The minimum atomic E-state index is 0.509. The first-order valence-corrected chi connectivity index (χ1v) is 37.5. The monoisotopic (exact) mass is 1290 g/mol. The van der Waals surface area contributed by atoms with E-state index in [1.807, 2.05) is 203 Å². The predicted molar refractivity (Wildman–Crippen MR) is 451 cm³/mol. The summed E-state index contributed by atoms with van der Waals surface area (Å²) >= 11 is 0. The summed E-state index contributed by atoms with van der Waals surface area (Å²) in [4.78, 5) is 0. The van der Waals surface area contributed by atoms with Gasteiger partial charge >= 0.3 is 0 Å². The molecule has 516 valence electrons. The third-order valence-corrected chi connectivity index (χ3v) is 14.1. The molecular weight excluding hydrogens is 1170 g/mol. The normalized spacial score (nSPS) is 11.8. The van der Waals surface area contributed by atoms with Crippen LogP contribution in [0.5, 0.6) is 0 Å². The second-order valence-corrected chi connectivity index (χ2v) is 18.7. The number of hydrogen-bond donors (Lipinski definition) is 0. The van der Waals surface area contributed by atoms with Crippen molar-refractivity contribution < 1.29 is 0 Å². The minimum Gasteiger partial charge on any atom is -0.0795 e. The van der Waals surface area contributed by atoms with Crippen LogP contribution in [-0.4, -0.2) is 0 Å². The zero-order valence-electron chi connectivity index (χ0n) is 64.9. The highest BCUT2D eigenvalue weighted by Crippen LogP contribution is 2.46. The van der Waals surface area contributed by atoms with Crippen molar-refractivity contribution in [3.05, 3.63) is 348 Å². The summed E-state index contributed by atoms with van der Waals surface area (Å²) in [5.74, 6) is 0.509. The largest absolute Gasteiger partial charge is 0.0795 e. The van der Waals surface area contributed by atoms with Gasteiger partial charge in [-0.3, -0.25) is 0 Å². The lowest BCUT2D eigenvalue weighted by Crippen LogP contribution is -2.20. The van der Waals surface area contributed by atoms with Gasteiger partial charge in [0.25, 0.3) is 0 Å². The van der Waals surface area contributed by atoms with Crippen LogP contribution in [0.2, 0.25) is 0 Å². The van der Waals surface area contributed by atoms with E-state index in [1.165, 1.54) is 104 Å². The van der Waals surface area contributed by atoms with Crippen LogP contribution in [0.3, 0.4) is 0 Å². The highest BCUT2D eigenvalue weighted by Gasteiger charge is 2.31. The fourth-order valence-corrected chi connectivity index (χ4v) is 10.5. The average Bonchev–Trinajstić information content (AvgIpc) is 1.09. The van der Waals surface area contributed by atoms with E-state index in [0.717, 1.165) is 12.8 Å². The SMILES string of the molecule is C1=CC2=CC=C3CC=CC4=C3C2C(=C1)C=C4.CC.CC.CC.CC.CC.CC.CC.CC.CC.CC.CC.CC.c1ccc2c(c1)Cc1ccccc1-2.c1ccc2c(c1)ccc1ccccc12.c1ccc2cc3ccccc3cc2c1.c1ccc2ccccc2c1.c1ccccc1. The van der Waals surface area contributed by atoms with Crippen molar-refractivity contribution in [1.29, 1.82) is 0 Å². The van der Waals surface area contributed by atoms with Crippen LogP contribution in [0.1, 0.15) is 184 Å². The molecule has 97 heavy (non-hydrogen) atoms. The number of rotatable bonds is 0. The summed E-state index contributed by atoms with van der Waals surface area (Å²) in [7, 11) is 0. The highest BCUT2D eigenvalue weighted by atomic mass is 14.3. The zero-order chi connectivity index (χ0) is 73.0. The Hall–Kier alpha value is -9.10. The Morgan fingerprint density at radius 3 is 0.928 bits per heavy atom. The molecule has 0 bridgehead atoms. The fourth-order valence-electron chi connectivity index (χ4n) is 10.5. The molecule has 0 amide bonds. The molecule has 16 rings (SSSR count). The van der Waals surface area contributed by atoms with Crippen molar-refractivity contribution in [3.8, 4) is 11.1 Å². The van der Waals surface area contributed by atoms with Gasteiger partial charge in [0.05, 0.1) is 0 Å². The summed E-state index contributed by atoms with van der Waals surface area (Å²) in [5.41, 5.74) is 13.1. The third kappa shape index (κ3) is 28.6. The summed E-state index contributed by atoms with van der Waals surface area (Å²) in [6.45, 7) is 48.0. The molecule has 1 atom stereocenters. The van der Waals surface area contributed by atoms with Gasteiger partial charge in [-0.1, -0.05) is 464 Å². The lowest BCUT2D eigenvalue weighted by molar-refractivity contribution is 0.832. The first kappa shape index (κ1) is 90.0. The average molecular weight is 1290 g/mol. The first-order chi connectivity index (χ1) is 48.2. The van der Waals surface area contributed by atoms with Crippen LogP contribution in [0, 0.1) is 5.92 Å². The summed E-state index contributed by atoms with van der Waals surface area (Å²) < 4.78 is 0. The molecule has 11 aromatic carbocycles. The molecule has 0 fully saturated rings. The van der Waals surface area contributed by atoms with Gasteiger partial charge in [0.1, 0.15) is 0 Å². The quantitative estimate of drug-likeness (QED) is 0.105. The van der Waals surface area contributed by atoms with Crippen molar-refractivity contribution in [1.82, 2.24) is 0 Å². The zero-order valence-corrected chi connectivity index (χ0v) is 64.9. The number of allylic oxidation sites excluding steroid dienone is 14. The van der Waals surface area contributed by atoms with Gasteiger partial charge in [-0.2, -0.15) is 0 Å². The van der Waals surface area contributed by atoms with Gasteiger partial charge in [0, 0.05) is 5.92 Å². The standard InChI is InChI=1S/C16H12.2C14H10.C13H10.C10H8.C6H6.12C2H6/c1-3-11-7-9-13-5-2-6-14-10-8-12(4-1)15(11)16(13)14;1-3-7-13-11(5-1)9-10-12-6-2-4-8-14(12)13;1-2-6-12-10-14-8-4-3-7-13(14)9-11(12)5-1;1-3-7-12-10(5-1)9-11-6-2-4-8-13(11)12;1-2-6-10-8-4-3-7-9(10)5-1;1-2-4-6-5-3-1;12*1-2/h1-5,7-10,15H,6H2;2*1-10H;1-8H,9H2;1-8H;1-6H;12*1-2H3. The maximum absolute atomic E-state index is 2.29. The molecule has 0 saturated heterocycles. The van der Waals surface area contributed by atoms with Crippen LogP contribution in [0.25, 0.3) is 65.0 Å². The van der Waals surface area contributed by atoms with Crippen LogP contribution in [0.4, 0.5) is 0 Å². The number of benzene rings is 11. The molecule has 0 saturated carbocycles. The lowest BCUT2D eigenvalue weighted by Gasteiger charge is -2.34. The van der Waals surface area contributed by atoms with E-state index < -0.39 is 0 Å². The van der Waals surface area contributed by atoms with Crippen LogP contribution >= 0.6 is 0 Å². The molecule has 0 nitrogen and oxygen atoms in total. The predicted octanol–water partition coefficient (Wildman–Crippen LogP) is 31.9. The molecule has 0 aromatic heterocycles. The van der Waals surface area contributed by atoms with Gasteiger partial charge in [-0.15, -0.1) is 0 Å². The van der Waals surface area contributed by atoms with Gasteiger partial charge in [0.15, 0.2) is 0 Å². The van der Waals surface area contributed by atoms with Crippen molar-refractivity contribution in [3.63, 3.8) is 0 Å². The highest BCUT2D eigenvalue weighted by molar-refractivity contribution is 6.07. The van der Waals surface area contributed by atoms with Crippen LogP contribution < -0.4 is 0 Å². The number of hydrogen-bond acceptors (Lipinski definition) is 0. The van der Waals surface area contributed by atoms with Crippen molar-refractivity contribution in [2.75, 3.05) is 0 Å². The van der Waals surface area contributed by atoms with Gasteiger partial charge in [-0.05, 0) is 129 Å². The minimum absolute atomic E-state index is 0.509. The Morgan fingerprint density at radius 1 is 0.247 bits per heavy atom. The van der Waals surface area contributed by atoms with Crippen molar-refractivity contribution >= 4 is 53.9 Å². The smallest absolute Gasteiger partial charge is 0.0348 e. The second kappa shape index (κ2) is 59.4.